The minimum Gasteiger partial charge on any atom is -0.330 e. The van der Waals surface area contributed by atoms with Gasteiger partial charge in [0, 0.05) is 11.1 Å². The minimum absolute atomic E-state index is 0.0444. The molecule has 4 aliphatic carbocycles. The first-order valence-electron chi connectivity index (χ1n) is 8.07. The molecule has 3 unspecified atom stereocenters. The minimum atomic E-state index is -0.196. The predicted octanol–water partition coefficient (Wildman–Crippen LogP) is 3.22. The Bertz CT molecular complexity index is 574. The number of hydrogen-bond acceptors (Lipinski definition) is 2. The molecule has 110 valence electrons. The van der Waals surface area contributed by atoms with Crippen LogP contribution < -0.4 is 5.32 Å². The van der Waals surface area contributed by atoms with Crippen molar-refractivity contribution in [1.82, 2.24) is 10.4 Å². The van der Waals surface area contributed by atoms with Crippen LogP contribution in [0.4, 0.5) is 4.79 Å². The van der Waals surface area contributed by atoms with E-state index >= 15 is 0 Å². The van der Waals surface area contributed by atoms with E-state index in [-0.39, 0.29) is 17.8 Å². The molecule has 2 amide bonds. The van der Waals surface area contributed by atoms with Crippen molar-refractivity contribution in [3.8, 4) is 0 Å². The number of amides is 2. The Balaban J connectivity index is 1.29. The van der Waals surface area contributed by atoms with Gasteiger partial charge in [0.05, 0.1) is 0 Å². The van der Waals surface area contributed by atoms with Gasteiger partial charge in [-0.25, -0.2) is 9.63 Å². The SMILES string of the molecule is O=C(NC12CC3CC(CC1C3)C2)N1OC1c1ccccc1. The van der Waals surface area contributed by atoms with Gasteiger partial charge in [0.25, 0.3) is 0 Å². The Labute approximate surface area is 124 Å². The second-order valence-electron chi connectivity index (χ2n) is 7.32. The van der Waals surface area contributed by atoms with E-state index in [9.17, 15) is 4.79 Å². The molecule has 0 spiro atoms. The molecule has 1 aromatic rings. The van der Waals surface area contributed by atoms with Gasteiger partial charge in [-0.3, -0.25) is 0 Å². The Morgan fingerprint density at radius 1 is 1.14 bits per heavy atom. The van der Waals surface area contributed by atoms with Crippen molar-refractivity contribution in [2.75, 3.05) is 0 Å². The number of urea groups is 1. The fraction of sp³-hybridized carbons (Fsp3) is 0.588. The molecule has 1 N–H and O–H groups in total. The largest absolute Gasteiger partial charge is 0.344 e. The molecule has 4 saturated carbocycles. The molecule has 5 fully saturated rings. The second-order valence-corrected chi connectivity index (χ2v) is 7.32. The van der Waals surface area contributed by atoms with E-state index in [0.717, 1.165) is 17.4 Å². The number of carbonyl (C=O) groups is 1. The number of nitrogens with zero attached hydrogens (tertiary/aromatic N) is 1. The number of hydroxylamine groups is 2. The summed E-state index contributed by atoms with van der Waals surface area (Å²) in [5, 5.41) is 4.83. The molecule has 5 aliphatic rings. The molecule has 6 rings (SSSR count). The van der Waals surface area contributed by atoms with Crippen LogP contribution in [0, 0.1) is 17.8 Å². The van der Waals surface area contributed by atoms with Crippen LogP contribution in [0.3, 0.4) is 0 Å². The van der Waals surface area contributed by atoms with Gasteiger partial charge in [0.15, 0.2) is 0 Å². The Morgan fingerprint density at radius 3 is 2.57 bits per heavy atom. The van der Waals surface area contributed by atoms with Crippen LogP contribution in [-0.4, -0.2) is 16.6 Å². The van der Waals surface area contributed by atoms with Crippen LogP contribution in [0.25, 0.3) is 0 Å². The number of benzene rings is 1. The molecule has 21 heavy (non-hydrogen) atoms. The molecular formula is C17H20N2O2. The normalized spacial score (nSPS) is 42.4. The lowest BCUT2D eigenvalue weighted by Crippen LogP contribution is -2.50. The predicted molar refractivity (Wildman–Crippen MR) is 76.9 cm³/mol. The average molecular weight is 284 g/mol. The summed E-state index contributed by atoms with van der Waals surface area (Å²) < 4.78 is 0. The van der Waals surface area contributed by atoms with E-state index in [1.54, 1.807) is 0 Å². The summed E-state index contributed by atoms with van der Waals surface area (Å²) in [7, 11) is 0. The maximum atomic E-state index is 12.5. The highest BCUT2D eigenvalue weighted by atomic mass is 16.8. The summed E-state index contributed by atoms with van der Waals surface area (Å²) in [6, 6.07) is 9.88. The fourth-order valence-corrected chi connectivity index (χ4v) is 5.32. The summed E-state index contributed by atoms with van der Waals surface area (Å²) >= 11 is 0. The standard InChI is InChI=1S/C17H20N2O2/c20-16(19-15(21-19)13-4-2-1-3-5-13)18-17-9-11-6-12(10-17)8-14(17)7-11/h1-5,11-12,14-15H,6-10H2,(H,18,20). The zero-order valence-electron chi connectivity index (χ0n) is 12.0. The molecule has 1 heterocycles. The smallest absolute Gasteiger partial charge is 0.330 e. The number of carbonyl (C=O) groups excluding carboxylic acids is 1. The lowest BCUT2D eigenvalue weighted by atomic mass is 9.80. The van der Waals surface area contributed by atoms with Gasteiger partial charge in [-0.05, 0) is 49.9 Å². The van der Waals surface area contributed by atoms with Gasteiger partial charge in [-0.1, -0.05) is 30.3 Å². The summed E-state index contributed by atoms with van der Waals surface area (Å²) in [6.45, 7) is 0. The zero-order valence-corrected chi connectivity index (χ0v) is 12.0. The van der Waals surface area contributed by atoms with Crippen LogP contribution in [0.5, 0.6) is 0 Å². The molecule has 1 aliphatic heterocycles. The topological polar surface area (TPSA) is 44.6 Å². The number of nitrogens with one attached hydrogen (secondary N) is 1. The van der Waals surface area contributed by atoms with Gasteiger partial charge in [0.2, 0.25) is 6.23 Å². The van der Waals surface area contributed by atoms with E-state index < -0.39 is 0 Å². The molecule has 0 radical (unpaired) electrons. The van der Waals surface area contributed by atoms with Gasteiger partial charge in [-0.15, -0.1) is 0 Å². The van der Waals surface area contributed by atoms with Crippen molar-refractivity contribution in [2.24, 2.45) is 17.8 Å². The Morgan fingerprint density at radius 2 is 1.86 bits per heavy atom. The van der Waals surface area contributed by atoms with Crippen molar-refractivity contribution in [1.29, 1.82) is 0 Å². The third kappa shape index (κ3) is 1.75. The van der Waals surface area contributed by atoms with E-state index in [0.29, 0.717) is 5.92 Å². The van der Waals surface area contributed by atoms with Crippen molar-refractivity contribution < 1.29 is 9.63 Å². The average Bonchev–Trinajstić information content (AvgIpc) is 3.19. The van der Waals surface area contributed by atoms with Crippen LogP contribution in [0.2, 0.25) is 0 Å². The maximum absolute atomic E-state index is 12.5. The van der Waals surface area contributed by atoms with Gasteiger partial charge in [0.1, 0.15) is 0 Å². The molecule has 3 atom stereocenters. The molecule has 1 saturated heterocycles. The lowest BCUT2D eigenvalue weighted by Gasteiger charge is -2.33. The lowest BCUT2D eigenvalue weighted by molar-refractivity contribution is 0.155. The van der Waals surface area contributed by atoms with E-state index in [4.69, 9.17) is 4.84 Å². The zero-order chi connectivity index (χ0) is 14.0. The molecular weight excluding hydrogens is 264 g/mol. The van der Waals surface area contributed by atoms with E-state index in [1.165, 1.54) is 37.2 Å². The molecule has 1 aromatic carbocycles. The number of hydrogen-bond donors (Lipinski definition) is 1. The van der Waals surface area contributed by atoms with Gasteiger partial charge in [-0.2, -0.15) is 5.06 Å². The van der Waals surface area contributed by atoms with E-state index in [2.05, 4.69) is 5.32 Å². The first kappa shape index (κ1) is 12.0. The summed E-state index contributed by atoms with van der Waals surface area (Å²) in [6.07, 6.45) is 6.20. The third-order valence-corrected chi connectivity index (χ3v) is 6.01. The van der Waals surface area contributed by atoms with Gasteiger partial charge < -0.3 is 5.32 Å². The van der Waals surface area contributed by atoms with Crippen molar-refractivity contribution in [3.05, 3.63) is 35.9 Å². The fourth-order valence-electron chi connectivity index (χ4n) is 5.32. The molecule has 4 heteroatoms. The Hall–Kier alpha value is -1.55. The summed E-state index contributed by atoms with van der Waals surface area (Å²) in [5.74, 6) is 2.41. The highest BCUT2D eigenvalue weighted by Crippen LogP contribution is 2.60. The van der Waals surface area contributed by atoms with Crippen LogP contribution in [-0.2, 0) is 4.84 Å². The molecule has 4 bridgehead atoms. The van der Waals surface area contributed by atoms with Crippen molar-refractivity contribution >= 4 is 6.03 Å². The molecule has 0 aromatic heterocycles. The van der Waals surface area contributed by atoms with Crippen LogP contribution >= 0.6 is 0 Å². The van der Waals surface area contributed by atoms with Gasteiger partial charge >= 0.3 is 6.03 Å². The summed E-state index contributed by atoms with van der Waals surface area (Å²) in [4.78, 5) is 18.0. The first-order valence-corrected chi connectivity index (χ1v) is 8.07. The van der Waals surface area contributed by atoms with Crippen molar-refractivity contribution in [3.63, 3.8) is 0 Å². The quantitative estimate of drug-likeness (QED) is 0.847. The molecule has 4 nitrogen and oxygen atoms in total. The second kappa shape index (κ2) is 4.01. The van der Waals surface area contributed by atoms with Crippen LogP contribution in [0.1, 0.15) is 43.9 Å². The first-order chi connectivity index (χ1) is 10.2. The Kier molecular flexibility index (Phi) is 2.30. The monoisotopic (exact) mass is 284 g/mol. The van der Waals surface area contributed by atoms with Crippen molar-refractivity contribution in [2.45, 2.75) is 43.9 Å². The van der Waals surface area contributed by atoms with Crippen LogP contribution in [0.15, 0.2) is 30.3 Å². The van der Waals surface area contributed by atoms with E-state index in [1.807, 2.05) is 30.3 Å². The highest BCUT2D eigenvalue weighted by molar-refractivity contribution is 5.76. The third-order valence-electron chi connectivity index (χ3n) is 6.01. The summed E-state index contributed by atoms with van der Waals surface area (Å²) in [5.41, 5.74) is 1.13. The number of rotatable bonds is 2. The highest BCUT2D eigenvalue weighted by Gasteiger charge is 2.59. The maximum Gasteiger partial charge on any atom is 0.344 e.